The molecule has 0 aromatic heterocycles. The van der Waals surface area contributed by atoms with Gasteiger partial charge in [-0.3, -0.25) is 4.79 Å². The fraction of sp³-hybridized carbons (Fsp3) is 0.300. The Morgan fingerprint density at radius 2 is 1.80 bits per heavy atom. The molecule has 0 spiro atoms. The van der Waals surface area contributed by atoms with Crippen LogP contribution in [0.25, 0.3) is 0 Å². The standard InChI is InChI=1S/C20H23N3O2/c1-15-7-9-18(10-8-15)23-14-17(11-19(23)24)13-22-20(25)21-12-16-5-3-2-4-6-16/h2-10,17H,11-14H2,1H3,(H2,21,22,25). The molecule has 0 aliphatic carbocycles. The first-order valence-corrected chi connectivity index (χ1v) is 8.54. The fourth-order valence-electron chi connectivity index (χ4n) is 2.97. The summed E-state index contributed by atoms with van der Waals surface area (Å²) in [5, 5.41) is 5.70. The lowest BCUT2D eigenvalue weighted by Crippen LogP contribution is -2.38. The Bertz CT molecular complexity index is 728. The SMILES string of the molecule is Cc1ccc(N2CC(CNC(=O)NCc3ccccc3)CC2=O)cc1. The van der Waals surface area contributed by atoms with E-state index in [1.807, 2.05) is 61.5 Å². The molecule has 130 valence electrons. The van der Waals surface area contributed by atoms with Gasteiger partial charge in [0.15, 0.2) is 0 Å². The van der Waals surface area contributed by atoms with Crippen molar-refractivity contribution >= 4 is 17.6 Å². The van der Waals surface area contributed by atoms with Gasteiger partial charge in [-0.15, -0.1) is 0 Å². The molecule has 5 nitrogen and oxygen atoms in total. The van der Waals surface area contributed by atoms with Gasteiger partial charge in [0, 0.05) is 37.7 Å². The Balaban J connectivity index is 1.45. The number of anilines is 1. The molecule has 1 aliphatic heterocycles. The summed E-state index contributed by atoms with van der Waals surface area (Å²) in [6.45, 7) is 3.65. The summed E-state index contributed by atoms with van der Waals surface area (Å²) in [5.41, 5.74) is 3.15. The summed E-state index contributed by atoms with van der Waals surface area (Å²) in [5.74, 6) is 0.247. The van der Waals surface area contributed by atoms with E-state index >= 15 is 0 Å². The van der Waals surface area contributed by atoms with E-state index in [-0.39, 0.29) is 17.9 Å². The van der Waals surface area contributed by atoms with Crippen LogP contribution in [0.15, 0.2) is 54.6 Å². The molecule has 5 heteroatoms. The maximum Gasteiger partial charge on any atom is 0.315 e. The molecule has 0 bridgehead atoms. The first-order valence-electron chi connectivity index (χ1n) is 8.54. The molecule has 2 aromatic rings. The number of carbonyl (C=O) groups is 2. The summed E-state index contributed by atoms with van der Waals surface area (Å²) < 4.78 is 0. The molecule has 3 amide bonds. The minimum atomic E-state index is -0.204. The molecule has 1 atom stereocenters. The van der Waals surface area contributed by atoms with Gasteiger partial charge in [-0.1, -0.05) is 48.0 Å². The third-order valence-corrected chi connectivity index (χ3v) is 4.40. The zero-order valence-corrected chi connectivity index (χ0v) is 14.4. The minimum Gasteiger partial charge on any atom is -0.338 e. The van der Waals surface area contributed by atoms with Crippen LogP contribution in [0.2, 0.25) is 0 Å². The van der Waals surface area contributed by atoms with E-state index < -0.39 is 0 Å². The molecule has 1 saturated heterocycles. The highest BCUT2D eigenvalue weighted by Gasteiger charge is 2.30. The van der Waals surface area contributed by atoms with Crippen molar-refractivity contribution in [2.45, 2.75) is 19.9 Å². The number of benzene rings is 2. The van der Waals surface area contributed by atoms with Gasteiger partial charge >= 0.3 is 6.03 Å². The first kappa shape index (κ1) is 17.0. The van der Waals surface area contributed by atoms with Crippen LogP contribution in [-0.4, -0.2) is 25.0 Å². The Hall–Kier alpha value is -2.82. The van der Waals surface area contributed by atoms with Crippen LogP contribution in [0, 0.1) is 12.8 Å². The normalized spacial score (nSPS) is 16.8. The second kappa shape index (κ2) is 7.83. The van der Waals surface area contributed by atoms with Gasteiger partial charge in [0.05, 0.1) is 0 Å². The third kappa shape index (κ3) is 4.59. The van der Waals surface area contributed by atoms with Gasteiger partial charge in [-0.05, 0) is 24.6 Å². The Morgan fingerprint density at radius 3 is 2.52 bits per heavy atom. The van der Waals surface area contributed by atoms with Crippen LogP contribution in [0.3, 0.4) is 0 Å². The fourth-order valence-corrected chi connectivity index (χ4v) is 2.97. The van der Waals surface area contributed by atoms with E-state index in [1.54, 1.807) is 4.90 Å². The second-order valence-corrected chi connectivity index (χ2v) is 6.46. The predicted molar refractivity (Wildman–Crippen MR) is 98.3 cm³/mol. The van der Waals surface area contributed by atoms with Crippen LogP contribution in [0.5, 0.6) is 0 Å². The molecule has 0 radical (unpaired) electrons. The summed E-state index contributed by atoms with van der Waals surface area (Å²) in [6.07, 6.45) is 0.465. The van der Waals surface area contributed by atoms with E-state index in [9.17, 15) is 9.59 Å². The van der Waals surface area contributed by atoms with Crippen molar-refractivity contribution in [3.8, 4) is 0 Å². The molecule has 1 unspecified atom stereocenters. The number of carbonyl (C=O) groups excluding carboxylic acids is 2. The number of nitrogens with zero attached hydrogens (tertiary/aromatic N) is 1. The van der Waals surface area contributed by atoms with E-state index in [0.29, 0.717) is 26.1 Å². The average molecular weight is 337 g/mol. The van der Waals surface area contributed by atoms with E-state index in [4.69, 9.17) is 0 Å². The van der Waals surface area contributed by atoms with Crippen molar-refractivity contribution in [2.24, 2.45) is 5.92 Å². The number of hydrogen-bond acceptors (Lipinski definition) is 2. The predicted octanol–water partition coefficient (Wildman–Crippen LogP) is 2.85. The Morgan fingerprint density at radius 1 is 1.08 bits per heavy atom. The number of aryl methyl sites for hydroxylation is 1. The number of urea groups is 1. The first-order chi connectivity index (χ1) is 12.1. The molecule has 1 aliphatic rings. The van der Waals surface area contributed by atoms with Crippen molar-refractivity contribution in [3.63, 3.8) is 0 Å². The minimum absolute atomic E-state index is 0.111. The van der Waals surface area contributed by atoms with E-state index in [2.05, 4.69) is 10.6 Å². The maximum absolute atomic E-state index is 12.2. The quantitative estimate of drug-likeness (QED) is 0.881. The molecular weight excluding hydrogens is 314 g/mol. The van der Waals surface area contributed by atoms with Gasteiger partial charge in [-0.2, -0.15) is 0 Å². The molecule has 25 heavy (non-hydrogen) atoms. The van der Waals surface area contributed by atoms with Gasteiger partial charge in [0.25, 0.3) is 0 Å². The van der Waals surface area contributed by atoms with Crippen molar-refractivity contribution in [3.05, 3.63) is 65.7 Å². The molecule has 1 heterocycles. The third-order valence-electron chi connectivity index (χ3n) is 4.40. The lowest BCUT2D eigenvalue weighted by molar-refractivity contribution is -0.117. The largest absolute Gasteiger partial charge is 0.338 e. The number of amides is 3. The summed E-state index contributed by atoms with van der Waals surface area (Å²) in [4.78, 5) is 25.9. The number of nitrogens with one attached hydrogen (secondary N) is 2. The topological polar surface area (TPSA) is 61.4 Å². The molecular formula is C20H23N3O2. The van der Waals surface area contributed by atoms with Crippen LogP contribution in [0.1, 0.15) is 17.5 Å². The molecule has 0 saturated carbocycles. The second-order valence-electron chi connectivity index (χ2n) is 6.46. The monoisotopic (exact) mass is 337 g/mol. The zero-order valence-electron chi connectivity index (χ0n) is 14.4. The molecule has 1 fully saturated rings. The van der Waals surface area contributed by atoms with Gasteiger partial charge in [0.1, 0.15) is 0 Å². The zero-order chi connectivity index (χ0) is 17.6. The Labute approximate surface area is 148 Å². The number of rotatable bonds is 5. The van der Waals surface area contributed by atoms with Crippen molar-refractivity contribution in [2.75, 3.05) is 18.0 Å². The van der Waals surface area contributed by atoms with Crippen LogP contribution < -0.4 is 15.5 Å². The van der Waals surface area contributed by atoms with Crippen LogP contribution >= 0.6 is 0 Å². The molecule has 2 aromatic carbocycles. The average Bonchev–Trinajstić information content (AvgIpc) is 3.00. The lowest BCUT2D eigenvalue weighted by atomic mass is 10.1. The summed E-state index contributed by atoms with van der Waals surface area (Å²) in [7, 11) is 0. The smallest absolute Gasteiger partial charge is 0.315 e. The Kier molecular flexibility index (Phi) is 5.33. The summed E-state index contributed by atoms with van der Waals surface area (Å²) >= 11 is 0. The van der Waals surface area contributed by atoms with Gasteiger partial charge in [-0.25, -0.2) is 4.79 Å². The van der Waals surface area contributed by atoms with Crippen molar-refractivity contribution in [1.29, 1.82) is 0 Å². The lowest BCUT2D eigenvalue weighted by Gasteiger charge is -2.17. The highest BCUT2D eigenvalue weighted by Crippen LogP contribution is 2.24. The summed E-state index contributed by atoms with van der Waals surface area (Å²) in [6, 6.07) is 17.5. The van der Waals surface area contributed by atoms with Crippen LogP contribution in [0.4, 0.5) is 10.5 Å². The molecule has 3 rings (SSSR count). The van der Waals surface area contributed by atoms with Crippen molar-refractivity contribution in [1.82, 2.24) is 10.6 Å². The van der Waals surface area contributed by atoms with Gasteiger partial charge < -0.3 is 15.5 Å². The highest BCUT2D eigenvalue weighted by molar-refractivity contribution is 5.95. The van der Waals surface area contributed by atoms with E-state index in [1.165, 1.54) is 5.56 Å². The highest BCUT2D eigenvalue weighted by atomic mass is 16.2. The van der Waals surface area contributed by atoms with E-state index in [0.717, 1.165) is 11.3 Å². The van der Waals surface area contributed by atoms with Crippen molar-refractivity contribution < 1.29 is 9.59 Å². The molecule has 2 N–H and O–H groups in total. The maximum atomic E-state index is 12.2. The number of hydrogen-bond donors (Lipinski definition) is 2. The van der Waals surface area contributed by atoms with Gasteiger partial charge in [0.2, 0.25) is 5.91 Å². The van der Waals surface area contributed by atoms with Crippen LogP contribution in [-0.2, 0) is 11.3 Å².